The molecular weight excluding hydrogens is 330 g/mol. The maximum Gasteiger partial charge on any atom is 0.262 e. The number of carbonyl (C=O) groups excluding carboxylic acids is 1. The summed E-state index contributed by atoms with van der Waals surface area (Å²) in [6.45, 7) is 0. The number of nitrogens with one attached hydrogen (secondary N) is 1. The van der Waals surface area contributed by atoms with Crippen LogP contribution in [0.4, 0.5) is 5.69 Å². The van der Waals surface area contributed by atoms with Crippen LogP contribution in [0.1, 0.15) is 10.6 Å². The normalized spacial score (nSPS) is 11.2. The Morgan fingerprint density at radius 2 is 1.67 bits per heavy atom. The number of furan rings is 1. The Morgan fingerprint density at radius 3 is 2.33 bits per heavy atom. The summed E-state index contributed by atoms with van der Waals surface area (Å²) in [6.07, 6.45) is 0.551. The van der Waals surface area contributed by atoms with Crippen LogP contribution in [-0.2, 0) is 10.0 Å². The summed E-state index contributed by atoms with van der Waals surface area (Å²) in [6, 6.07) is 15.0. The minimum Gasteiger partial charge on any atom is -0.508 e. The fourth-order valence-corrected chi connectivity index (χ4v) is 3.48. The molecule has 1 aromatic heterocycles. The Hall–Kier alpha value is -3.06. The maximum absolute atomic E-state index is 12.7. The predicted octanol–water partition coefficient (Wildman–Crippen LogP) is 3.27. The number of aromatic hydroxyl groups is 1. The fraction of sp³-hybridized carbons (Fsp3) is 0. The molecule has 1 heterocycles. The summed E-state index contributed by atoms with van der Waals surface area (Å²) < 4.78 is 33.1. The lowest BCUT2D eigenvalue weighted by Crippen LogP contribution is -2.13. The van der Waals surface area contributed by atoms with E-state index in [1.54, 1.807) is 24.3 Å². The van der Waals surface area contributed by atoms with Gasteiger partial charge < -0.3 is 9.52 Å². The first-order valence-electron chi connectivity index (χ1n) is 6.96. The van der Waals surface area contributed by atoms with Gasteiger partial charge in [-0.15, -0.1) is 0 Å². The molecule has 3 rings (SSSR count). The van der Waals surface area contributed by atoms with Crippen LogP contribution < -0.4 is 4.72 Å². The lowest BCUT2D eigenvalue weighted by molar-refractivity contribution is 0.110. The highest BCUT2D eigenvalue weighted by Gasteiger charge is 2.21. The van der Waals surface area contributed by atoms with E-state index in [0.29, 0.717) is 17.5 Å². The zero-order valence-corrected chi connectivity index (χ0v) is 13.2. The van der Waals surface area contributed by atoms with E-state index in [0.717, 1.165) is 0 Å². The van der Waals surface area contributed by atoms with Gasteiger partial charge >= 0.3 is 0 Å². The van der Waals surface area contributed by atoms with Crippen LogP contribution in [0, 0.1) is 0 Å². The van der Waals surface area contributed by atoms with E-state index in [4.69, 9.17) is 4.42 Å². The molecule has 2 aromatic carbocycles. The van der Waals surface area contributed by atoms with Crippen molar-refractivity contribution in [1.82, 2.24) is 0 Å². The molecule has 0 aliphatic carbocycles. The first kappa shape index (κ1) is 15.8. The molecule has 0 spiro atoms. The van der Waals surface area contributed by atoms with E-state index in [9.17, 15) is 18.3 Å². The van der Waals surface area contributed by atoms with Gasteiger partial charge in [-0.1, -0.05) is 12.1 Å². The van der Waals surface area contributed by atoms with Crippen molar-refractivity contribution >= 4 is 22.0 Å². The van der Waals surface area contributed by atoms with Gasteiger partial charge in [0.25, 0.3) is 10.0 Å². The van der Waals surface area contributed by atoms with Gasteiger partial charge in [0.2, 0.25) is 0 Å². The van der Waals surface area contributed by atoms with Crippen molar-refractivity contribution in [3.63, 3.8) is 0 Å². The van der Waals surface area contributed by atoms with Gasteiger partial charge in [0.15, 0.2) is 12.0 Å². The van der Waals surface area contributed by atoms with Gasteiger partial charge in [-0.05, 0) is 48.5 Å². The third kappa shape index (κ3) is 3.16. The summed E-state index contributed by atoms with van der Waals surface area (Å²) in [5, 5.41) is 9.27. The third-order valence-electron chi connectivity index (χ3n) is 3.30. The zero-order chi connectivity index (χ0) is 17.2. The highest BCUT2D eigenvalue weighted by molar-refractivity contribution is 7.92. The number of anilines is 1. The number of rotatable bonds is 5. The molecule has 2 N–H and O–H groups in total. The van der Waals surface area contributed by atoms with Crippen LogP contribution in [0.5, 0.6) is 5.75 Å². The van der Waals surface area contributed by atoms with Crippen molar-refractivity contribution in [1.29, 1.82) is 0 Å². The molecule has 0 aliphatic rings. The van der Waals surface area contributed by atoms with Crippen LogP contribution in [0.15, 0.2) is 70.0 Å². The molecule has 6 nitrogen and oxygen atoms in total. The minimum atomic E-state index is -3.88. The SMILES string of the molecule is O=Cc1ccc(-c2ccccc2S(=O)(=O)Nc2ccc(O)cc2)o1. The minimum absolute atomic E-state index is 0.0184. The van der Waals surface area contributed by atoms with E-state index in [-0.39, 0.29) is 22.2 Å². The van der Waals surface area contributed by atoms with Gasteiger partial charge in [-0.3, -0.25) is 9.52 Å². The van der Waals surface area contributed by atoms with Crippen molar-refractivity contribution in [2.45, 2.75) is 4.90 Å². The number of hydrogen-bond acceptors (Lipinski definition) is 5. The smallest absolute Gasteiger partial charge is 0.262 e. The number of carbonyl (C=O) groups is 1. The van der Waals surface area contributed by atoms with Gasteiger partial charge in [-0.25, -0.2) is 8.42 Å². The highest BCUT2D eigenvalue weighted by Crippen LogP contribution is 2.30. The molecule has 0 saturated heterocycles. The molecule has 122 valence electrons. The quantitative estimate of drug-likeness (QED) is 0.547. The van der Waals surface area contributed by atoms with E-state index < -0.39 is 10.0 Å². The monoisotopic (exact) mass is 343 g/mol. The topological polar surface area (TPSA) is 96.6 Å². The Morgan fingerprint density at radius 1 is 0.958 bits per heavy atom. The fourth-order valence-electron chi connectivity index (χ4n) is 2.21. The molecule has 0 radical (unpaired) electrons. The first-order valence-corrected chi connectivity index (χ1v) is 8.44. The van der Waals surface area contributed by atoms with E-state index in [1.165, 1.54) is 36.4 Å². The van der Waals surface area contributed by atoms with Gasteiger partial charge in [-0.2, -0.15) is 0 Å². The predicted molar refractivity (Wildman–Crippen MR) is 88.4 cm³/mol. The van der Waals surface area contributed by atoms with Crippen molar-refractivity contribution in [2.24, 2.45) is 0 Å². The van der Waals surface area contributed by atoms with Crippen LogP contribution >= 0.6 is 0 Å². The van der Waals surface area contributed by atoms with E-state index in [1.807, 2.05) is 0 Å². The van der Waals surface area contributed by atoms with E-state index >= 15 is 0 Å². The molecule has 0 saturated carbocycles. The van der Waals surface area contributed by atoms with Crippen molar-refractivity contribution in [2.75, 3.05) is 4.72 Å². The largest absolute Gasteiger partial charge is 0.508 e. The average Bonchev–Trinajstić information content (AvgIpc) is 3.06. The number of phenolic OH excluding ortho intramolecular Hbond substituents is 1. The molecule has 0 unspecified atom stereocenters. The standard InChI is InChI=1S/C17H13NO5S/c19-11-14-9-10-16(23-14)15-3-1-2-4-17(15)24(21,22)18-12-5-7-13(20)8-6-12/h1-11,18,20H. The molecule has 3 aromatic rings. The molecular formula is C17H13NO5S. The van der Waals surface area contributed by atoms with Gasteiger partial charge in [0.05, 0.1) is 4.90 Å². The third-order valence-corrected chi connectivity index (χ3v) is 4.74. The zero-order valence-electron chi connectivity index (χ0n) is 12.3. The summed E-state index contributed by atoms with van der Waals surface area (Å²) in [7, 11) is -3.88. The Bertz CT molecular complexity index is 974. The summed E-state index contributed by atoms with van der Waals surface area (Å²) in [5.41, 5.74) is 0.660. The molecule has 0 bridgehead atoms. The van der Waals surface area contributed by atoms with Crippen LogP contribution in [0.2, 0.25) is 0 Å². The molecule has 0 fully saturated rings. The summed E-state index contributed by atoms with van der Waals surface area (Å²) in [5.74, 6) is 0.433. The number of hydrogen-bond donors (Lipinski definition) is 2. The second-order valence-corrected chi connectivity index (χ2v) is 6.62. The first-order chi connectivity index (χ1) is 11.5. The van der Waals surface area contributed by atoms with Crippen LogP contribution in [-0.4, -0.2) is 19.8 Å². The van der Waals surface area contributed by atoms with E-state index in [2.05, 4.69) is 4.72 Å². The lowest BCUT2D eigenvalue weighted by atomic mass is 10.2. The number of sulfonamides is 1. The lowest BCUT2D eigenvalue weighted by Gasteiger charge is -2.11. The number of phenols is 1. The van der Waals surface area contributed by atoms with Crippen LogP contribution in [0.25, 0.3) is 11.3 Å². The maximum atomic E-state index is 12.7. The number of aldehydes is 1. The molecule has 24 heavy (non-hydrogen) atoms. The Balaban J connectivity index is 2.02. The average molecular weight is 343 g/mol. The van der Waals surface area contributed by atoms with Crippen molar-refractivity contribution in [3.8, 4) is 17.1 Å². The number of benzene rings is 2. The van der Waals surface area contributed by atoms with Crippen LogP contribution in [0.3, 0.4) is 0 Å². The van der Waals surface area contributed by atoms with Crippen molar-refractivity contribution in [3.05, 3.63) is 66.4 Å². The summed E-state index contributed by atoms with van der Waals surface area (Å²) in [4.78, 5) is 10.8. The molecule has 0 atom stereocenters. The summed E-state index contributed by atoms with van der Waals surface area (Å²) >= 11 is 0. The second kappa shape index (κ2) is 6.21. The Kier molecular flexibility index (Phi) is 4.09. The highest BCUT2D eigenvalue weighted by atomic mass is 32.2. The van der Waals surface area contributed by atoms with Gasteiger partial charge in [0.1, 0.15) is 11.5 Å². The second-order valence-electron chi connectivity index (χ2n) is 4.97. The van der Waals surface area contributed by atoms with Gasteiger partial charge in [0, 0.05) is 11.3 Å². The molecule has 0 amide bonds. The molecule has 7 heteroatoms. The van der Waals surface area contributed by atoms with Crippen molar-refractivity contribution < 1.29 is 22.7 Å². The molecule has 0 aliphatic heterocycles. The Labute approximate surface area is 138 Å².